The number of benzene rings is 1. The van der Waals surface area contributed by atoms with Crippen LogP contribution in [0.2, 0.25) is 0 Å². The molecule has 4 N–H and O–H groups in total. The summed E-state index contributed by atoms with van der Waals surface area (Å²) in [7, 11) is 1.76. The summed E-state index contributed by atoms with van der Waals surface area (Å²) in [6.45, 7) is 2.59. The van der Waals surface area contributed by atoms with E-state index in [1.54, 1.807) is 42.1 Å². The van der Waals surface area contributed by atoms with Gasteiger partial charge in [0.25, 0.3) is 11.8 Å². The molecule has 0 aliphatic heterocycles. The van der Waals surface area contributed by atoms with Gasteiger partial charge in [-0.25, -0.2) is 0 Å². The maximum atomic E-state index is 12.2. The minimum atomic E-state index is -0.359. The van der Waals surface area contributed by atoms with E-state index in [-0.39, 0.29) is 24.2 Å². The Hall–Kier alpha value is -2.38. The fourth-order valence-corrected chi connectivity index (χ4v) is 1.93. The van der Waals surface area contributed by atoms with Gasteiger partial charge in [-0.2, -0.15) is 5.10 Å². The van der Waals surface area contributed by atoms with Gasteiger partial charge in [0.2, 0.25) is 0 Å². The van der Waals surface area contributed by atoms with Gasteiger partial charge < -0.3 is 16.4 Å². The maximum Gasteiger partial charge on any atom is 0.276 e. The zero-order chi connectivity index (χ0) is 16.1. The third-order valence-electron chi connectivity index (χ3n) is 3.20. The summed E-state index contributed by atoms with van der Waals surface area (Å²) in [6.07, 6.45) is 0. The Balaban J connectivity index is 0.00000264. The molecule has 0 spiro atoms. The van der Waals surface area contributed by atoms with E-state index in [1.807, 2.05) is 6.92 Å². The average molecular weight is 338 g/mol. The van der Waals surface area contributed by atoms with Gasteiger partial charge in [0.05, 0.1) is 11.3 Å². The Morgan fingerprint density at radius 1 is 1.26 bits per heavy atom. The summed E-state index contributed by atoms with van der Waals surface area (Å²) >= 11 is 0. The van der Waals surface area contributed by atoms with Crippen molar-refractivity contribution in [2.75, 3.05) is 18.4 Å². The van der Waals surface area contributed by atoms with Crippen LogP contribution in [0.1, 0.15) is 26.5 Å². The molecule has 0 aliphatic carbocycles. The number of hydrogen-bond donors (Lipinski definition) is 3. The van der Waals surface area contributed by atoms with Crippen molar-refractivity contribution in [3.63, 3.8) is 0 Å². The van der Waals surface area contributed by atoms with Crippen molar-refractivity contribution in [2.45, 2.75) is 6.92 Å². The lowest BCUT2D eigenvalue weighted by molar-refractivity contribution is 0.0955. The number of nitrogens with zero attached hydrogens (tertiary/aromatic N) is 2. The second-order valence-corrected chi connectivity index (χ2v) is 4.84. The summed E-state index contributed by atoms with van der Waals surface area (Å²) in [5.41, 5.74) is 7.37. The largest absolute Gasteiger partial charge is 0.351 e. The first kappa shape index (κ1) is 18.7. The Kier molecular flexibility index (Phi) is 6.74. The van der Waals surface area contributed by atoms with Crippen molar-refractivity contribution in [1.29, 1.82) is 0 Å². The molecule has 8 heteroatoms. The summed E-state index contributed by atoms with van der Waals surface area (Å²) in [4.78, 5) is 24.3. The summed E-state index contributed by atoms with van der Waals surface area (Å²) < 4.78 is 1.62. The monoisotopic (exact) mass is 337 g/mol. The van der Waals surface area contributed by atoms with E-state index in [0.29, 0.717) is 30.0 Å². The lowest BCUT2D eigenvalue weighted by atomic mass is 10.1. The van der Waals surface area contributed by atoms with Crippen molar-refractivity contribution in [2.24, 2.45) is 12.8 Å². The molecular weight excluding hydrogens is 318 g/mol. The predicted octanol–water partition coefficient (Wildman–Crippen LogP) is 1.09. The van der Waals surface area contributed by atoms with Crippen LogP contribution in [0.25, 0.3) is 0 Å². The summed E-state index contributed by atoms with van der Waals surface area (Å²) in [5.74, 6) is -0.638. The number of rotatable bonds is 5. The van der Waals surface area contributed by atoms with E-state index in [4.69, 9.17) is 5.73 Å². The second-order valence-electron chi connectivity index (χ2n) is 4.84. The Morgan fingerprint density at radius 3 is 2.57 bits per heavy atom. The molecule has 0 radical (unpaired) electrons. The highest BCUT2D eigenvalue weighted by atomic mass is 35.5. The molecule has 2 rings (SSSR count). The molecule has 1 aromatic heterocycles. The number of nitrogens with one attached hydrogen (secondary N) is 2. The van der Waals surface area contributed by atoms with Crippen LogP contribution in [0.4, 0.5) is 5.69 Å². The van der Waals surface area contributed by atoms with Crippen LogP contribution in [0.15, 0.2) is 30.3 Å². The minimum absolute atomic E-state index is 0. The molecule has 0 aliphatic rings. The highest BCUT2D eigenvalue weighted by Gasteiger charge is 2.15. The lowest BCUT2D eigenvalue weighted by Gasteiger charge is -2.10. The molecule has 0 saturated carbocycles. The molecule has 0 atom stereocenters. The molecule has 2 aromatic rings. The first-order chi connectivity index (χ1) is 10.5. The number of anilines is 1. The molecule has 7 nitrogen and oxygen atoms in total. The van der Waals surface area contributed by atoms with Gasteiger partial charge in [0.15, 0.2) is 5.69 Å². The van der Waals surface area contributed by atoms with E-state index in [2.05, 4.69) is 15.7 Å². The summed E-state index contributed by atoms with van der Waals surface area (Å²) in [6, 6.07) is 8.49. The molecule has 23 heavy (non-hydrogen) atoms. The van der Waals surface area contributed by atoms with Gasteiger partial charge >= 0.3 is 0 Å². The normalized spacial score (nSPS) is 9.87. The second kappa shape index (κ2) is 8.30. The number of carbonyl (C=O) groups excluding carboxylic acids is 2. The van der Waals surface area contributed by atoms with Crippen LogP contribution < -0.4 is 16.4 Å². The fourth-order valence-electron chi connectivity index (χ4n) is 1.93. The quantitative estimate of drug-likeness (QED) is 0.760. The number of amides is 2. The van der Waals surface area contributed by atoms with Crippen molar-refractivity contribution in [3.05, 3.63) is 47.3 Å². The van der Waals surface area contributed by atoms with Crippen molar-refractivity contribution < 1.29 is 9.59 Å². The molecule has 0 saturated heterocycles. The van der Waals surface area contributed by atoms with E-state index in [9.17, 15) is 9.59 Å². The van der Waals surface area contributed by atoms with E-state index >= 15 is 0 Å². The molecular formula is C15H20ClN5O2. The zero-order valence-corrected chi connectivity index (χ0v) is 13.8. The fraction of sp³-hybridized carbons (Fsp3) is 0.267. The number of aryl methyl sites for hydroxylation is 2. The topological polar surface area (TPSA) is 102 Å². The third kappa shape index (κ3) is 4.54. The minimum Gasteiger partial charge on any atom is -0.351 e. The highest BCUT2D eigenvalue weighted by molar-refractivity contribution is 6.08. The molecule has 1 aromatic carbocycles. The number of para-hydroxylation sites is 1. The van der Waals surface area contributed by atoms with Gasteiger partial charge in [0.1, 0.15) is 0 Å². The Labute approximate surface area is 140 Å². The highest BCUT2D eigenvalue weighted by Crippen LogP contribution is 2.16. The Bertz CT molecular complexity index is 679. The number of halogens is 1. The Morgan fingerprint density at radius 2 is 1.96 bits per heavy atom. The molecule has 1 heterocycles. The molecule has 124 valence electrons. The van der Waals surface area contributed by atoms with Gasteiger partial charge in [-0.15, -0.1) is 12.4 Å². The number of aromatic nitrogens is 2. The number of nitrogens with two attached hydrogens (primary N) is 1. The zero-order valence-electron chi connectivity index (χ0n) is 13.0. The van der Waals surface area contributed by atoms with Crippen LogP contribution in [0.5, 0.6) is 0 Å². The van der Waals surface area contributed by atoms with Gasteiger partial charge in [-0.3, -0.25) is 14.3 Å². The number of carbonyl (C=O) groups is 2. The first-order valence-electron chi connectivity index (χ1n) is 6.92. The van der Waals surface area contributed by atoms with E-state index in [0.717, 1.165) is 5.69 Å². The van der Waals surface area contributed by atoms with Crippen LogP contribution in [0.3, 0.4) is 0 Å². The van der Waals surface area contributed by atoms with Gasteiger partial charge in [-0.05, 0) is 25.1 Å². The number of hydrogen-bond acceptors (Lipinski definition) is 4. The van der Waals surface area contributed by atoms with Crippen LogP contribution in [-0.2, 0) is 7.05 Å². The first-order valence-corrected chi connectivity index (χ1v) is 6.92. The van der Waals surface area contributed by atoms with E-state index in [1.165, 1.54) is 0 Å². The molecule has 0 bridgehead atoms. The van der Waals surface area contributed by atoms with Crippen molar-refractivity contribution >= 4 is 29.9 Å². The maximum absolute atomic E-state index is 12.2. The van der Waals surface area contributed by atoms with E-state index < -0.39 is 0 Å². The lowest BCUT2D eigenvalue weighted by Crippen LogP contribution is -2.30. The van der Waals surface area contributed by atoms with Crippen LogP contribution in [-0.4, -0.2) is 34.7 Å². The standard InChI is InChI=1S/C15H19N5O2.ClH/c1-10-9-13(19-20(10)2)15(22)18-12-6-4-3-5-11(12)14(21)17-8-7-16;/h3-6,9H,7-8,16H2,1-2H3,(H,17,21)(H,18,22);1H. The molecule has 0 unspecified atom stereocenters. The molecule has 0 fully saturated rings. The third-order valence-corrected chi connectivity index (χ3v) is 3.20. The van der Waals surface area contributed by atoms with Crippen LogP contribution in [0, 0.1) is 6.92 Å². The SMILES string of the molecule is Cc1cc(C(=O)Nc2ccccc2C(=O)NCCN)nn1C.Cl. The van der Waals surface area contributed by atoms with Crippen molar-refractivity contribution in [3.8, 4) is 0 Å². The average Bonchev–Trinajstić information content (AvgIpc) is 2.85. The van der Waals surface area contributed by atoms with Gasteiger partial charge in [-0.1, -0.05) is 12.1 Å². The smallest absolute Gasteiger partial charge is 0.276 e. The van der Waals surface area contributed by atoms with Crippen molar-refractivity contribution in [1.82, 2.24) is 15.1 Å². The van der Waals surface area contributed by atoms with Gasteiger partial charge in [0, 0.05) is 25.8 Å². The predicted molar refractivity (Wildman–Crippen MR) is 91.0 cm³/mol. The van der Waals surface area contributed by atoms with Crippen LogP contribution >= 0.6 is 12.4 Å². The summed E-state index contributed by atoms with van der Waals surface area (Å²) in [5, 5.41) is 9.52. The molecule has 2 amide bonds.